The average molecular weight is 407 g/mol. The number of piperazine rings is 1. The standard InChI is InChI=1S/C20H22N8S/c1-3-15-8-16-19(22-13-23-20(16)29-15)28-6-4-27(5-7-28)18-11-21-10-17(25-18)14-9-24-26(2)12-14/h8-13H,3-7H2,1-2H3. The quantitative estimate of drug-likeness (QED) is 0.516. The number of fused-ring (bicyclic) bond motifs is 1. The maximum Gasteiger partial charge on any atom is 0.147 e. The first-order valence-corrected chi connectivity index (χ1v) is 10.6. The lowest BCUT2D eigenvalue weighted by Crippen LogP contribution is -2.47. The fourth-order valence-electron chi connectivity index (χ4n) is 3.67. The van der Waals surface area contributed by atoms with Gasteiger partial charge < -0.3 is 9.80 Å². The van der Waals surface area contributed by atoms with E-state index >= 15 is 0 Å². The molecule has 1 aliphatic rings. The molecule has 0 aliphatic carbocycles. The maximum atomic E-state index is 4.81. The molecule has 5 heterocycles. The minimum atomic E-state index is 0.848. The summed E-state index contributed by atoms with van der Waals surface area (Å²) in [5.74, 6) is 1.95. The van der Waals surface area contributed by atoms with E-state index in [-0.39, 0.29) is 0 Å². The molecule has 5 rings (SSSR count). The molecule has 1 aliphatic heterocycles. The zero-order chi connectivity index (χ0) is 19.8. The summed E-state index contributed by atoms with van der Waals surface area (Å²) in [6.45, 7) is 5.71. The first kappa shape index (κ1) is 18.0. The first-order chi connectivity index (χ1) is 14.2. The Labute approximate surface area is 172 Å². The van der Waals surface area contributed by atoms with Crippen LogP contribution in [0, 0.1) is 0 Å². The molecule has 0 saturated carbocycles. The van der Waals surface area contributed by atoms with E-state index in [1.807, 2.05) is 25.6 Å². The lowest BCUT2D eigenvalue weighted by atomic mass is 10.2. The summed E-state index contributed by atoms with van der Waals surface area (Å²) in [6.07, 6.45) is 10.1. The topological polar surface area (TPSA) is 75.9 Å². The molecule has 148 valence electrons. The highest BCUT2D eigenvalue weighted by Gasteiger charge is 2.22. The Bertz CT molecular complexity index is 1140. The van der Waals surface area contributed by atoms with E-state index in [1.54, 1.807) is 28.5 Å². The van der Waals surface area contributed by atoms with E-state index in [0.29, 0.717) is 0 Å². The predicted molar refractivity (Wildman–Crippen MR) is 115 cm³/mol. The molecule has 0 aromatic carbocycles. The van der Waals surface area contributed by atoms with Crippen LogP contribution in [0.3, 0.4) is 0 Å². The zero-order valence-electron chi connectivity index (χ0n) is 16.5. The van der Waals surface area contributed by atoms with E-state index in [9.17, 15) is 0 Å². The third kappa shape index (κ3) is 3.42. The SMILES string of the molecule is CCc1cc2c(N3CCN(c4cncc(-c5cnn(C)c5)n4)CC3)ncnc2s1. The number of hydrogen-bond acceptors (Lipinski definition) is 8. The van der Waals surface area contributed by atoms with Crippen molar-refractivity contribution in [3.8, 4) is 11.3 Å². The smallest absolute Gasteiger partial charge is 0.147 e. The Morgan fingerprint density at radius 3 is 2.62 bits per heavy atom. The van der Waals surface area contributed by atoms with Crippen LogP contribution in [-0.2, 0) is 13.5 Å². The second kappa shape index (κ2) is 7.40. The van der Waals surface area contributed by atoms with Gasteiger partial charge in [-0.15, -0.1) is 11.3 Å². The van der Waals surface area contributed by atoms with Gasteiger partial charge in [-0.25, -0.2) is 15.0 Å². The van der Waals surface area contributed by atoms with Gasteiger partial charge in [-0.3, -0.25) is 9.67 Å². The lowest BCUT2D eigenvalue weighted by molar-refractivity contribution is 0.642. The molecule has 29 heavy (non-hydrogen) atoms. The van der Waals surface area contributed by atoms with E-state index in [1.165, 1.54) is 10.3 Å². The molecule has 0 radical (unpaired) electrons. The number of anilines is 2. The average Bonchev–Trinajstić information content (AvgIpc) is 3.40. The van der Waals surface area contributed by atoms with Gasteiger partial charge in [0, 0.05) is 49.9 Å². The van der Waals surface area contributed by atoms with Crippen molar-refractivity contribution in [1.82, 2.24) is 29.7 Å². The third-order valence-electron chi connectivity index (χ3n) is 5.23. The molecule has 0 unspecified atom stereocenters. The normalized spacial score (nSPS) is 14.7. The third-order valence-corrected chi connectivity index (χ3v) is 6.42. The summed E-state index contributed by atoms with van der Waals surface area (Å²) in [5, 5.41) is 5.40. The molecule has 0 spiro atoms. The van der Waals surface area contributed by atoms with Crippen molar-refractivity contribution < 1.29 is 0 Å². The molecule has 0 amide bonds. The molecule has 1 saturated heterocycles. The Hall–Kier alpha value is -3.07. The van der Waals surface area contributed by atoms with Gasteiger partial charge in [-0.1, -0.05) is 6.92 Å². The van der Waals surface area contributed by atoms with Crippen LogP contribution in [-0.4, -0.2) is 55.9 Å². The van der Waals surface area contributed by atoms with Crippen molar-refractivity contribution in [2.45, 2.75) is 13.3 Å². The number of hydrogen-bond donors (Lipinski definition) is 0. The monoisotopic (exact) mass is 406 g/mol. The van der Waals surface area contributed by atoms with Gasteiger partial charge in [0.05, 0.1) is 29.7 Å². The zero-order valence-corrected chi connectivity index (χ0v) is 17.3. The van der Waals surface area contributed by atoms with Gasteiger partial charge in [0.15, 0.2) is 0 Å². The fourth-order valence-corrected chi connectivity index (χ4v) is 4.60. The van der Waals surface area contributed by atoms with Crippen LogP contribution in [0.4, 0.5) is 11.6 Å². The first-order valence-electron chi connectivity index (χ1n) is 9.75. The van der Waals surface area contributed by atoms with Gasteiger partial charge >= 0.3 is 0 Å². The molecule has 9 heteroatoms. The minimum absolute atomic E-state index is 0.848. The largest absolute Gasteiger partial charge is 0.352 e. The van der Waals surface area contributed by atoms with Crippen LogP contribution in [0.15, 0.2) is 37.2 Å². The van der Waals surface area contributed by atoms with Gasteiger partial charge in [0.1, 0.15) is 22.8 Å². The molecule has 0 atom stereocenters. The number of rotatable bonds is 4. The second-order valence-corrected chi connectivity index (χ2v) is 8.24. The van der Waals surface area contributed by atoms with Crippen LogP contribution in [0.1, 0.15) is 11.8 Å². The van der Waals surface area contributed by atoms with Gasteiger partial charge in [0.2, 0.25) is 0 Å². The molecule has 1 fully saturated rings. The summed E-state index contributed by atoms with van der Waals surface area (Å²) in [7, 11) is 1.90. The molecular weight excluding hydrogens is 384 g/mol. The van der Waals surface area contributed by atoms with Gasteiger partial charge in [-0.05, 0) is 12.5 Å². The Kier molecular flexibility index (Phi) is 4.59. The molecule has 8 nitrogen and oxygen atoms in total. The highest BCUT2D eigenvalue weighted by atomic mass is 32.1. The maximum absolute atomic E-state index is 4.81. The molecular formula is C20H22N8S. The minimum Gasteiger partial charge on any atom is -0.352 e. The van der Waals surface area contributed by atoms with Crippen LogP contribution in [0.25, 0.3) is 21.5 Å². The van der Waals surface area contributed by atoms with E-state index in [4.69, 9.17) is 4.98 Å². The molecule has 0 bridgehead atoms. The van der Waals surface area contributed by atoms with Crippen LogP contribution in [0.5, 0.6) is 0 Å². The van der Waals surface area contributed by atoms with Crippen molar-refractivity contribution in [2.75, 3.05) is 36.0 Å². The van der Waals surface area contributed by atoms with E-state index < -0.39 is 0 Å². The molecule has 4 aromatic heterocycles. The van der Waals surface area contributed by atoms with Crippen LogP contribution in [0.2, 0.25) is 0 Å². The summed E-state index contributed by atoms with van der Waals surface area (Å²) >= 11 is 1.76. The Balaban J connectivity index is 1.34. The van der Waals surface area contributed by atoms with E-state index in [0.717, 1.165) is 60.3 Å². The lowest BCUT2D eigenvalue weighted by Gasteiger charge is -2.36. The van der Waals surface area contributed by atoms with Crippen molar-refractivity contribution in [2.24, 2.45) is 7.05 Å². The highest BCUT2D eigenvalue weighted by Crippen LogP contribution is 2.31. The summed E-state index contributed by atoms with van der Waals surface area (Å²) in [4.78, 5) is 25.3. The van der Waals surface area contributed by atoms with Crippen LogP contribution < -0.4 is 9.80 Å². The Morgan fingerprint density at radius 2 is 1.86 bits per heavy atom. The van der Waals surface area contributed by atoms with Crippen molar-refractivity contribution in [3.05, 3.63) is 42.1 Å². The van der Waals surface area contributed by atoms with Crippen LogP contribution >= 0.6 is 11.3 Å². The van der Waals surface area contributed by atoms with Crippen molar-refractivity contribution in [1.29, 1.82) is 0 Å². The summed E-state index contributed by atoms with van der Waals surface area (Å²) in [6, 6.07) is 2.24. The number of thiophene rings is 1. The van der Waals surface area contributed by atoms with Gasteiger partial charge in [-0.2, -0.15) is 5.10 Å². The fraction of sp³-hybridized carbons (Fsp3) is 0.350. The van der Waals surface area contributed by atoms with Crippen molar-refractivity contribution >= 4 is 33.2 Å². The highest BCUT2D eigenvalue weighted by molar-refractivity contribution is 7.18. The predicted octanol–water partition coefficient (Wildman–Crippen LogP) is 2.77. The molecule has 4 aromatic rings. The number of nitrogens with zero attached hydrogens (tertiary/aromatic N) is 8. The van der Waals surface area contributed by atoms with E-state index in [2.05, 4.69) is 42.8 Å². The van der Waals surface area contributed by atoms with Gasteiger partial charge in [0.25, 0.3) is 0 Å². The molecule has 0 N–H and O–H groups in total. The van der Waals surface area contributed by atoms with Crippen molar-refractivity contribution in [3.63, 3.8) is 0 Å². The number of aryl methyl sites for hydroxylation is 2. The Morgan fingerprint density at radius 1 is 1.03 bits per heavy atom. The summed E-state index contributed by atoms with van der Waals surface area (Å²) in [5.41, 5.74) is 1.83. The summed E-state index contributed by atoms with van der Waals surface area (Å²) < 4.78 is 1.78. The number of aromatic nitrogens is 6. The second-order valence-electron chi connectivity index (χ2n) is 7.12.